The van der Waals surface area contributed by atoms with E-state index >= 15 is 0 Å². The quantitative estimate of drug-likeness (QED) is 0.556. The van der Waals surface area contributed by atoms with Crippen LogP contribution in [0.25, 0.3) is 0 Å². The zero-order valence-electron chi connectivity index (χ0n) is 10.4. The zero-order valence-corrected chi connectivity index (χ0v) is 10.4. The summed E-state index contributed by atoms with van der Waals surface area (Å²) in [6.07, 6.45) is 0.933. The summed E-state index contributed by atoms with van der Waals surface area (Å²) in [5.74, 6) is -1.01. The largest absolute Gasteiger partial charge is 0.481 e. The molecular weight excluding hydrogens is 226 g/mol. The highest BCUT2D eigenvalue weighted by molar-refractivity contribution is 5.69. The number of carboxylic acids is 1. The molecular formula is C11H21NO5. The number of ether oxygens (including phenoxy) is 1. The molecule has 1 amide bonds. The number of hydrogen-bond acceptors (Lipinski definition) is 4. The monoisotopic (exact) mass is 247 g/mol. The Bertz CT molecular complexity index is 256. The minimum Gasteiger partial charge on any atom is -0.481 e. The van der Waals surface area contributed by atoms with E-state index in [1.807, 2.05) is 6.92 Å². The highest BCUT2D eigenvalue weighted by atomic mass is 16.5. The molecule has 3 N–H and O–H groups in total. The first-order chi connectivity index (χ1) is 7.93. The van der Waals surface area contributed by atoms with E-state index in [9.17, 15) is 9.59 Å². The van der Waals surface area contributed by atoms with Crippen LogP contribution >= 0.6 is 0 Å². The van der Waals surface area contributed by atoms with E-state index in [-0.39, 0.29) is 19.6 Å². The number of aliphatic hydroxyl groups excluding tert-OH is 1. The number of carbonyl (C=O) groups is 2. The SMILES string of the molecule is CCCCOC(=O)NCC(C)(CO)CC(=O)O. The average molecular weight is 247 g/mol. The van der Waals surface area contributed by atoms with Crippen molar-refractivity contribution in [1.82, 2.24) is 5.32 Å². The van der Waals surface area contributed by atoms with E-state index in [1.54, 1.807) is 6.92 Å². The molecule has 1 atom stereocenters. The normalized spacial score (nSPS) is 13.8. The number of unbranched alkanes of at least 4 members (excludes halogenated alkanes) is 1. The van der Waals surface area contributed by atoms with Gasteiger partial charge in [0, 0.05) is 12.0 Å². The molecule has 0 aliphatic heterocycles. The van der Waals surface area contributed by atoms with Gasteiger partial charge in [-0.3, -0.25) is 4.79 Å². The number of aliphatic hydroxyl groups is 1. The molecule has 0 aromatic heterocycles. The molecule has 0 bridgehead atoms. The lowest BCUT2D eigenvalue weighted by molar-refractivity contribution is -0.140. The third-order valence-corrected chi connectivity index (χ3v) is 2.35. The Morgan fingerprint density at radius 2 is 2.06 bits per heavy atom. The van der Waals surface area contributed by atoms with Crippen LogP contribution in [0.2, 0.25) is 0 Å². The van der Waals surface area contributed by atoms with Crippen molar-refractivity contribution in [3.8, 4) is 0 Å². The van der Waals surface area contributed by atoms with Gasteiger partial charge in [0.2, 0.25) is 0 Å². The molecule has 0 aromatic rings. The van der Waals surface area contributed by atoms with E-state index < -0.39 is 17.5 Å². The van der Waals surface area contributed by atoms with Gasteiger partial charge in [-0.15, -0.1) is 0 Å². The number of carboxylic acid groups (broad SMARTS) is 1. The van der Waals surface area contributed by atoms with Gasteiger partial charge in [-0.05, 0) is 6.42 Å². The Hall–Kier alpha value is -1.30. The minimum absolute atomic E-state index is 0.0702. The molecule has 0 radical (unpaired) electrons. The molecule has 0 saturated heterocycles. The van der Waals surface area contributed by atoms with Crippen molar-refractivity contribution in [3.63, 3.8) is 0 Å². The summed E-state index contributed by atoms with van der Waals surface area (Å²) in [7, 11) is 0. The van der Waals surface area contributed by atoms with Gasteiger partial charge in [0.1, 0.15) is 0 Å². The fourth-order valence-corrected chi connectivity index (χ4v) is 1.19. The smallest absolute Gasteiger partial charge is 0.407 e. The van der Waals surface area contributed by atoms with Crippen LogP contribution in [-0.4, -0.2) is 42.0 Å². The second-order valence-electron chi connectivity index (χ2n) is 4.38. The van der Waals surface area contributed by atoms with Crippen molar-refractivity contribution in [1.29, 1.82) is 0 Å². The lowest BCUT2D eigenvalue weighted by Crippen LogP contribution is -2.39. The Morgan fingerprint density at radius 1 is 1.41 bits per heavy atom. The first kappa shape index (κ1) is 15.7. The van der Waals surface area contributed by atoms with Crippen LogP contribution in [0.5, 0.6) is 0 Å². The third-order valence-electron chi connectivity index (χ3n) is 2.35. The predicted octanol–water partition coefficient (Wildman–Crippen LogP) is 0.986. The van der Waals surface area contributed by atoms with E-state index in [4.69, 9.17) is 14.9 Å². The standard InChI is InChI=1S/C11H21NO5/c1-3-4-5-17-10(16)12-7-11(2,8-13)6-9(14)15/h13H,3-8H2,1-2H3,(H,12,16)(H,14,15). The molecule has 17 heavy (non-hydrogen) atoms. The van der Waals surface area contributed by atoms with Crippen molar-refractivity contribution in [2.45, 2.75) is 33.1 Å². The van der Waals surface area contributed by atoms with Crippen molar-refractivity contribution < 1.29 is 24.5 Å². The van der Waals surface area contributed by atoms with Gasteiger partial charge in [0.15, 0.2) is 0 Å². The molecule has 0 fully saturated rings. The number of hydrogen-bond donors (Lipinski definition) is 3. The Morgan fingerprint density at radius 3 is 2.53 bits per heavy atom. The first-order valence-corrected chi connectivity index (χ1v) is 5.67. The maximum Gasteiger partial charge on any atom is 0.407 e. The summed E-state index contributed by atoms with van der Waals surface area (Å²) in [5.41, 5.74) is -0.865. The fraction of sp³-hybridized carbons (Fsp3) is 0.818. The molecule has 0 saturated carbocycles. The molecule has 0 heterocycles. The van der Waals surface area contributed by atoms with Crippen LogP contribution in [0, 0.1) is 5.41 Å². The summed E-state index contributed by atoms with van der Waals surface area (Å²) in [5, 5.41) is 20.2. The van der Waals surface area contributed by atoms with Crippen LogP contribution in [0.15, 0.2) is 0 Å². The second kappa shape index (κ2) is 7.89. The van der Waals surface area contributed by atoms with Gasteiger partial charge in [-0.25, -0.2) is 4.79 Å². The highest BCUT2D eigenvalue weighted by Gasteiger charge is 2.27. The molecule has 0 aliphatic carbocycles. The Kier molecular flexibility index (Phi) is 7.29. The molecule has 0 aromatic carbocycles. The van der Waals surface area contributed by atoms with E-state index in [2.05, 4.69) is 5.32 Å². The number of alkyl carbamates (subject to hydrolysis) is 1. The first-order valence-electron chi connectivity index (χ1n) is 5.67. The summed E-state index contributed by atoms with van der Waals surface area (Å²) in [6.45, 7) is 3.68. The van der Waals surface area contributed by atoms with Gasteiger partial charge in [0.05, 0.1) is 19.6 Å². The van der Waals surface area contributed by atoms with Gasteiger partial charge >= 0.3 is 12.1 Å². The molecule has 100 valence electrons. The summed E-state index contributed by atoms with van der Waals surface area (Å²) in [4.78, 5) is 21.8. The third kappa shape index (κ3) is 7.57. The molecule has 1 unspecified atom stereocenters. The molecule has 0 aliphatic rings. The topological polar surface area (TPSA) is 95.9 Å². The van der Waals surface area contributed by atoms with Gasteiger partial charge in [0.25, 0.3) is 0 Å². The predicted molar refractivity (Wildman–Crippen MR) is 61.7 cm³/mol. The second-order valence-corrected chi connectivity index (χ2v) is 4.38. The summed E-state index contributed by atoms with van der Waals surface area (Å²) < 4.78 is 4.85. The van der Waals surface area contributed by atoms with Crippen molar-refractivity contribution >= 4 is 12.1 Å². The van der Waals surface area contributed by atoms with E-state index in [1.165, 1.54) is 0 Å². The molecule has 0 spiro atoms. The average Bonchev–Trinajstić information content (AvgIpc) is 2.26. The van der Waals surface area contributed by atoms with E-state index in [0.29, 0.717) is 6.61 Å². The number of carbonyl (C=O) groups excluding carboxylic acids is 1. The molecule has 6 heteroatoms. The number of amides is 1. The van der Waals surface area contributed by atoms with Crippen LogP contribution in [0.1, 0.15) is 33.1 Å². The number of aliphatic carboxylic acids is 1. The fourth-order valence-electron chi connectivity index (χ4n) is 1.19. The molecule has 6 nitrogen and oxygen atoms in total. The summed E-state index contributed by atoms with van der Waals surface area (Å²) >= 11 is 0. The number of nitrogens with one attached hydrogen (secondary N) is 1. The van der Waals surface area contributed by atoms with Gasteiger partial charge in [-0.2, -0.15) is 0 Å². The summed E-state index contributed by atoms with van der Waals surface area (Å²) in [6, 6.07) is 0. The highest BCUT2D eigenvalue weighted by Crippen LogP contribution is 2.19. The van der Waals surface area contributed by atoms with Crippen molar-refractivity contribution in [2.24, 2.45) is 5.41 Å². The lowest BCUT2D eigenvalue weighted by atomic mass is 9.88. The maximum atomic E-state index is 11.2. The van der Waals surface area contributed by atoms with Crippen LogP contribution in [-0.2, 0) is 9.53 Å². The zero-order chi connectivity index (χ0) is 13.3. The minimum atomic E-state index is -1.01. The van der Waals surface area contributed by atoms with Crippen LogP contribution in [0.4, 0.5) is 4.79 Å². The lowest BCUT2D eigenvalue weighted by Gasteiger charge is -2.25. The van der Waals surface area contributed by atoms with Crippen LogP contribution in [0.3, 0.4) is 0 Å². The van der Waals surface area contributed by atoms with Gasteiger partial charge in [-0.1, -0.05) is 20.3 Å². The Balaban J connectivity index is 3.96. The van der Waals surface area contributed by atoms with Gasteiger partial charge < -0.3 is 20.3 Å². The Labute approximate surface area is 101 Å². The number of rotatable bonds is 8. The van der Waals surface area contributed by atoms with Crippen molar-refractivity contribution in [3.05, 3.63) is 0 Å². The maximum absolute atomic E-state index is 11.2. The molecule has 0 rings (SSSR count). The van der Waals surface area contributed by atoms with Crippen LogP contribution < -0.4 is 5.32 Å². The van der Waals surface area contributed by atoms with Crippen molar-refractivity contribution in [2.75, 3.05) is 19.8 Å². The van der Waals surface area contributed by atoms with E-state index in [0.717, 1.165) is 12.8 Å².